The molecule has 2 rings (SSSR count). The smallest absolute Gasteiger partial charge is 0.315 e. The average molecular weight is 270 g/mol. The Kier molecular flexibility index (Phi) is 4.61. The third-order valence-corrected chi connectivity index (χ3v) is 3.61. The molecule has 2 atom stereocenters. The highest BCUT2D eigenvalue weighted by molar-refractivity contribution is 5.83. The van der Waals surface area contributed by atoms with Crippen LogP contribution in [0.15, 0.2) is 42.5 Å². The van der Waals surface area contributed by atoms with Crippen LogP contribution in [-0.2, 0) is 0 Å². The molecule has 0 radical (unpaired) electrons. The summed E-state index contributed by atoms with van der Waals surface area (Å²) in [6.07, 6.45) is 0.928. The van der Waals surface area contributed by atoms with Gasteiger partial charge in [0.05, 0.1) is 6.04 Å². The van der Waals surface area contributed by atoms with E-state index in [-0.39, 0.29) is 18.1 Å². The number of fused-ring (bicyclic) bond motifs is 1. The summed E-state index contributed by atoms with van der Waals surface area (Å²) in [5.41, 5.74) is 1.11. The first-order chi connectivity index (χ1) is 9.60. The molecule has 0 bridgehead atoms. The fraction of sp³-hybridized carbons (Fsp3) is 0.353. The van der Waals surface area contributed by atoms with Gasteiger partial charge in [-0.05, 0) is 42.7 Å². The minimum Gasteiger partial charge on any atom is -0.336 e. The fourth-order valence-corrected chi connectivity index (χ4v) is 2.12. The summed E-state index contributed by atoms with van der Waals surface area (Å²) in [6, 6.07) is 14.6. The number of carbonyl (C=O) groups is 1. The molecule has 2 aromatic rings. The molecule has 0 spiro atoms. The van der Waals surface area contributed by atoms with Gasteiger partial charge in [0.1, 0.15) is 0 Å². The molecule has 0 unspecified atom stereocenters. The van der Waals surface area contributed by atoms with E-state index >= 15 is 0 Å². The van der Waals surface area contributed by atoms with E-state index in [0.717, 1.165) is 12.0 Å². The number of hydrogen-bond donors (Lipinski definition) is 2. The van der Waals surface area contributed by atoms with Crippen molar-refractivity contribution in [1.29, 1.82) is 0 Å². The van der Waals surface area contributed by atoms with Crippen LogP contribution in [0.4, 0.5) is 4.79 Å². The van der Waals surface area contributed by atoms with Gasteiger partial charge in [-0.1, -0.05) is 43.3 Å². The molecule has 20 heavy (non-hydrogen) atoms. The van der Waals surface area contributed by atoms with Gasteiger partial charge in [-0.3, -0.25) is 0 Å². The highest BCUT2D eigenvalue weighted by Gasteiger charge is 2.11. The molecule has 3 nitrogen and oxygen atoms in total. The van der Waals surface area contributed by atoms with Gasteiger partial charge in [0.15, 0.2) is 0 Å². The van der Waals surface area contributed by atoms with Crippen LogP contribution in [0.5, 0.6) is 0 Å². The number of amides is 2. The van der Waals surface area contributed by atoms with Crippen LogP contribution >= 0.6 is 0 Å². The Morgan fingerprint density at radius 3 is 2.45 bits per heavy atom. The molecular formula is C17H22N2O. The molecule has 2 N–H and O–H groups in total. The molecule has 0 saturated carbocycles. The van der Waals surface area contributed by atoms with Crippen LogP contribution in [0.25, 0.3) is 10.8 Å². The second kappa shape index (κ2) is 6.42. The van der Waals surface area contributed by atoms with E-state index in [0.29, 0.717) is 0 Å². The lowest BCUT2D eigenvalue weighted by atomic mass is 10.0. The predicted octanol–water partition coefficient (Wildman–Crippen LogP) is 4.00. The largest absolute Gasteiger partial charge is 0.336 e. The van der Waals surface area contributed by atoms with Gasteiger partial charge in [0.2, 0.25) is 0 Å². The topological polar surface area (TPSA) is 41.1 Å². The fourth-order valence-electron chi connectivity index (χ4n) is 2.12. The molecule has 3 heteroatoms. The number of nitrogens with one attached hydrogen (secondary N) is 2. The zero-order valence-corrected chi connectivity index (χ0v) is 12.3. The lowest BCUT2D eigenvalue weighted by Gasteiger charge is -2.18. The summed E-state index contributed by atoms with van der Waals surface area (Å²) < 4.78 is 0. The highest BCUT2D eigenvalue weighted by atomic mass is 16.2. The zero-order valence-electron chi connectivity index (χ0n) is 12.3. The normalized spacial score (nSPS) is 13.8. The minimum atomic E-state index is -0.111. The Hall–Kier alpha value is -2.03. The van der Waals surface area contributed by atoms with Gasteiger partial charge in [-0.2, -0.15) is 0 Å². The first-order valence-corrected chi connectivity index (χ1v) is 7.16. The number of carbonyl (C=O) groups excluding carboxylic acids is 1. The van der Waals surface area contributed by atoms with Gasteiger partial charge < -0.3 is 10.6 Å². The SMILES string of the molecule is CC[C@@H](C)NC(=O)N[C@H](C)c1ccc2ccccc2c1. The third-order valence-electron chi connectivity index (χ3n) is 3.61. The van der Waals surface area contributed by atoms with Crippen LogP contribution in [0.3, 0.4) is 0 Å². The van der Waals surface area contributed by atoms with Crippen LogP contribution in [0, 0.1) is 0 Å². The molecule has 0 aromatic heterocycles. The van der Waals surface area contributed by atoms with E-state index in [1.54, 1.807) is 0 Å². The van der Waals surface area contributed by atoms with E-state index < -0.39 is 0 Å². The van der Waals surface area contributed by atoms with Crippen molar-refractivity contribution in [2.45, 2.75) is 39.3 Å². The molecule has 106 valence electrons. The maximum Gasteiger partial charge on any atom is 0.315 e. The standard InChI is InChI=1S/C17H22N2O/c1-4-12(2)18-17(20)19-13(3)15-10-9-14-7-5-6-8-16(14)11-15/h5-13H,4H2,1-3H3,(H2,18,19,20)/t12-,13-/m1/s1. The molecule has 0 heterocycles. The van der Waals surface area contributed by atoms with Crippen LogP contribution in [0.1, 0.15) is 38.8 Å². The maximum absolute atomic E-state index is 11.8. The van der Waals surface area contributed by atoms with Crippen molar-refractivity contribution in [2.75, 3.05) is 0 Å². The van der Waals surface area contributed by atoms with Crippen LogP contribution in [-0.4, -0.2) is 12.1 Å². The highest BCUT2D eigenvalue weighted by Crippen LogP contribution is 2.20. The number of hydrogen-bond acceptors (Lipinski definition) is 1. The van der Waals surface area contributed by atoms with E-state index in [9.17, 15) is 4.79 Å². The lowest BCUT2D eigenvalue weighted by Crippen LogP contribution is -2.41. The van der Waals surface area contributed by atoms with Gasteiger partial charge >= 0.3 is 6.03 Å². The third kappa shape index (κ3) is 3.50. The monoisotopic (exact) mass is 270 g/mol. The first-order valence-electron chi connectivity index (χ1n) is 7.16. The first kappa shape index (κ1) is 14.4. The molecule has 0 aliphatic heterocycles. The molecule has 2 aromatic carbocycles. The summed E-state index contributed by atoms with van der Waals surface area (Å²) >= 11 is 0. The Morgan fingerprint density at radius 2 is 1.75 bits per heavy atom. The Bertz CT molecular complexity index is 594. The second-order valence-electron chi connectivity index (χ2n) is 5.26. The van der Waals surface area contributed by atoms with Crippen molar-refractivity contribution >= 4 is 16.8 Å². The van der Waals surface area contributed by atoms with Crippen LogP contribution < -0.4 is 10.6 Å². The van der Waals surface area contributed by atoms with Crippen molar-refractivity contribution in [1.82, 2.24) is 10.6 Å². The summed E-state index contributed by atoms with van der Waals surface area (Å²) in [4.78, 5) is 11.8. The van der Waals surface area contributed by atoms with Crippen molar-refractivity contribution in [3.8, 4) is 0 Å². The predicted molar refractivity (Wildman–Crippen MR) is 83.8 cm³/mol. The molecule has 0 saturated heterocycles. The quantitative estimate of drug-likeness (QED) is 0.866. The number of rotatable bonds is 4. The zero-order chi connectivity index (χ0) is 14.5. The summed E-state index contributed by atoms with van der Waals surface area (Å²) in [5.74, 6) is 0. The van der Waals surface area contributed by atoms with Crippen molar-refractivity contribution in [3.05, 3.63) is 48.0 Å². The lowest BCUT2D eigenvalue weighted by molar-refractivity contribution is 0.234. The van der Waals surface area contributed by atoms with Crippen molar-refractivity contribution < 1.29 is 4.79 Å². The van der Waals surface area contributed by atoms with Gasteiger partial charge in [-0.25, -0.2) is 4.79 Å². The van der Waals surface area contributed by atoms with Crippen molar-refractivity contribution in [2.24, 2.45) is 0 Å². The summed E-state index contributed by atoms with van der Waals surface area (Å²) in [7, 11) is 0. The van der Waals surface area contributed by atoms with E-state index in [1.165, 1.54) is 10.8 Å². The molecule has 0 aliphatic rings. The van der Waals surface area contributed by atoms with Crippen molar-refractivity contribution in [3.63, 3.8) is 0 Å². The minimum absolute atomic E-state index is 0.0105. The summed E-state index contributed by atoms with van der Waals surface area (Å²) in [5, 5.41) is 8.30. The summed E-state index contributed by atoms with van der Waals surface area (Å²) in [6.45, 7) is 6.05. The van der Waals surface area contributed by atoms with Gasteiger partial charge in [0.25, 0.3) is 0 Å². The molecule has 0 aliphatic carbocycles. The molecular weight excluding hydrogens is 248 g/mol. The van der Waals surface area contributed by atoms with Gasteiger partial charge in [-0.15, -0.1) is 0 Å². The van der Waals surface area contributed by atoms with E-state index in [1.807, 2.05) is 26.0 Å². The Labute approximate surface area is 120 Å². The van der Waals surface area contributed by atoms with E-state index in [2.05, 4.69) is 47.9 Å². The Balaban J connectivity index is 2.07. The Morgan fingerprint density at radius 1 is 1.05 bits per heavy atom. The second-order valence-corrected chi connectivity index (χ2v) is 5.26. The number of urea groups is 1. The molecule has 0 fully saturated rings. The molecule has 2 amide bonds. The van der Waals surface area contributed by atoms with Crippen LogP contribution in [0.2, 0.25) is 0 Å². The number of benzene rings is 2. The average Bonchev–Trinajstić information content (AvgIpc) is 2.46. The van der Waals surface area contributed by atoms with Gasteiger partial charge in [0, 0.05) is 6.04 Å². The van der Waals surface area contributed by atoms with E-state index in [4.69, 9.17) is 0 Å². The maximum atomic E-state index is 11.8.